The molecule has 0 saturated heterocycles. The average Bonchev–Trinajstić information content (AvgIpc) is 2.55. The van der Waals surface area contributed by atoms with Crippen LogP contribution in [0.3, 0.4) is 0 Å². The van der Waals surface area contributed by atoms with Crippen LogP contribution in [0.25, 0.3) is 0 Å². The van der Waals surface area contributed by atoms with Crippen molar-refractivity contribution in [3.05, 3.63) is 17.0 Å². The van der Waals surface area contributed by atoms with Gasteiger partial charge in [-0.3, -0.25) is 5.10 Å². The van der Waals surface area contributed by atoms with Gasteiger partial charge >= 0.3 is 5.97 Å². The smallest absolute Gasteiger partial charge is 0.356 e. The van der Waals surface area contributed by atoms with E-state index in [4.69, 9.17) is 5.11 Å². The Hall–Kier alpha value is -1.32. The third-order valence-electron chi connectivity index (χ3n) is 3.68. The van der Waals surface area contributed by atoms with E-state index < -0.39 is 5.97 Å². The fraction of sp³-hybridized carbons (Fsp3) is 0.600. The number of hydrogen-bond acceptors (Lipinski definition) is 2. The zero-order chi connectivity index (χ0) is 9.87. The Morgan fingerprint density at radius 1 is 1.71 bits per heavy atom. The molecular weight excluding hydrogens is 180 g/mol. The van der Waals surface area contributed by atoms with Crippen molar-refractivity contribution in [2.24, 2.45) is 11.8 Å². The molecule has 0 radical (unpaired) electrons. The van der Waals surface area contributed by atoms with E-state index in [0.29, 0.717) is 11.8 Å². The Kier molecular flexibility index (Phi) is 1.36. The summed E-state index contributed by atoms with van der Waals surface area (Å²) in [5.41, 5.74) is 2.29. The Labute approximate surface area is 81.3 Å². The van der Waals surface area contributed by atoms with Gasteiger partial charge in [0.05, 0.1) is 0 Å². The van der Waals surface area contributed by atoms with Gasteiger partial charge in [-0.15, -0.1) is 0 Å². The lowest BCUT2D eigenvalue weighted by molar-refractivity contribution is 0.0689. The number of carboxylic acids is 1. The molecule has 0 amide bonds. The molecule has 2 aliphatic carbocycles. The predicted octanol–water partition coefficient (Wildman–Crippen LogP) is 1.40. The van der Waals surface area contributed by atoms with E-state index in [9.17, 15) is 4.79 Å². The summed E-state index contributed by atoms with van der Waals surface area (Å²) in [5.74, 6) is 1.14. The van der Waals surface area contributed by atoms with Crippen molar-refractivity contribution in [3.63, 3.8) is 0 Å². The standard InChI is InChI=1S/C10H12N2O2/c1-2-4-5-3-6-8(7(4)5)11-12-9(6)10(13)14/h4-5,7H,2-3H2,1H3,(H,11,12)(H,13,14)/t4-,5-,7+/m0/s1. The minimum atomic E-state index is -0.906. The van der Waals surface area contributed by atoms with Crippen LogP contribution in [0.5, 0.6) is 0 Å². The average molecular weight is 192 g/mol. The van der Waals surface area contributed by atoms with Crippen LogP contribution in [0.2, 0.25) is 0 Å². The van der Waals surface area contributed by atoms with Crippen molar-refractivity contribution < 1.29 is 9.90 Å². The van der Waals surface area contributed by atoms with Gasteiger partial charge in [0.1, 0.15) is 0 Å². The number of aromatic amines is 1. The molecule has 4 heteroatoms. The van der Waals surface area contributed by atoms with Crippen LogP contribution in [0.15, 0.2) is 0 Å². The van der Waals surface area contributed by atoms with Crippen molar-refractivity contribution in [2.45, 2.75) is 25.7 Å². The molecule has 1 aromatic heterocycles. The first-order valence-corrected chi connectivity index (χ1v) is 5.04. The molecule has 2 N–H and O–H groups in total. The van der Waals surface area contributed by atoms with Gasteiger partial charge in [0.25, 0.3) is 0 Å². The number of aromatic nitrogens is 2. The lowest BCUT2D eigenvalue weighted by Crippen LogP contribution is -2.02. The Morgan fingerprint density at radius 2 is 2.50 bits per heavy atom. The molecule has 74 valence electrons. The van der Waals surface area contributed by atoms with E-state index in [2.05, 4.69) is 17.1 Å². The number of carbonyl (C=O) groups is 1. The van der Waals surface area contributed by atoms with Crippen LogP contribution in [-0.2, 0) is 6.42 Å². The third-order valence-corrected chi connectivity index (χ3v) is 3.68. The molecule has 0 aromatic carbocycles. The first-order valence-electron chi connectivity index (χ1n) is 5.04. The summed E-state index contributed by atoms with van der Waals surface area (Å²) in [4.78, 5) is 10.8. The molecule has 3 rings (SSSR count). The van der Waals surface area contributed by atoms with E-state index in [-0.39, 0.29) is 5.69 Å². The van der Waals surface area contributed by atoms with Crippen LogP contribution in [0.4, 0.5) is 0 Å². The minimum absolute atomic E-state index is 0.238. The number of fused-ring (bicyclic) bond motifs is 3. The van der Waals surface area contributed by atoms with E-state index in [1.54, 1.807) is 0 Å². The lowest BCUT2D eigenvalue weighted by Gasteiger charge is -1.99. The molecule has 1 heterocycles. The van der Waals surface area contributed by atoms with Gasteiger partial charge in [-0.2, -0.15) is 5.10 Å². The van der Waals surface area contributed by atoms with Gasteiger partial charge in [-0.25, -0.2) is 4.79 Å². The minimum Gasteiger partial charge on any atom is -0.476 e. The molecule has 0 aliphatic heterocycles. The second kappa shape index (κ2) is 2.38. The highest BCUT2D eigenvalue weighted by molar-refractivity contribution is 5.87. The van der Waals surface area contributed by atoms with E-state index >= 15 is 0 Å². The molecular formula is C10H12N2O2. The number of aromatic carboxylic acids is 1. The van der Waals surface area contributed by atoms with Crippen molar-refractivity contribution in [1.82, 2.24) is 10.2 Å². The number of rotatable bonds is 2. The molecule has 3 atom stereocenters. The molecule has 0 unspecified atom stereocenters. The summed E-state index contributed by atoms with van der Waals surface area (Å²) < 4.78 is 0. The Balaban J connectivity index is 1.99. The zero-order valence-corrected chi connectivity index (χ0v) is 7.95. The fourth-order valence-corrected chi connectivity index (χ4v) is 2.98. The normalized spacial score (nSPS) is 32.5. The highest BCUT2D eigenvalue weighted by Crippen LogP contribution is 2.62. The zero-order valence-electron chi connectivity index (χ0n) is 7.95. The summed E-state index contributed by atoms with van der Waals surface area (Å²) >= 11 is 0. The molecule has 0 spiro atoms. The highest BCUT2D eigenvalue weighted by atomic mass is 16.4. The second-order valence-electron chi connectivity index (χ2n) is 4.24. The monoisotopic (exact) mass is 192 g/mol. The van der Waals surface area contributed by atoms with Gasteiger partial charge in [-0.1, -0.05) is 13.3 Å². The number of nitrogens with one attached hydrogen (secondary N) is 1. The number of nitrogens with zero attached hydrogens (tertiary/aromatic N) is 1. The summed E-state index contributed by atoms with van der Waals surface area (Å²) in [6, 6.07) is 0. The number of hydrogen-bond donors (Lipinski definition) is 2. The maximum absolute atomic E-state index is 10.8. The molecule has 4 nitrogen and oxygen atoms in total. The van der Waals surface area contributed by atoms with Crippen molar-refractivity contribution in [1.29, 1.82) is 0 Å². The lowest BCUT2D eigenvalue weighted by atomic mass is 10.1. The fourth-order valence-electron chi connectivity index (χ4n) is 2.98. The topological polar surface area (TPSA) is 66.0 Å². The Morgan fingerprint density at radius 3 is 3.14 bits per heavy atom. The van der Waals surface area contributed by atoms with E-state index in [0.717, 1.165) is 23.6 Å². The quantitative estimate of drug-likeness (QED) is 0.744. The first kappa shape index (κ1) is 8.03. The van der Waals surface area contributed by atoms with Crippen molar-refractivity contribution in [3.8, 4) is 0 Å². The van der Waals surface area contributed by atoms with Gasteiger partial charge in [-0.05, 0) is 18.3 Å². The second-order valence-corrected chi connectivity index (χ2v) is 4.24. The van der Waals surface area contributed by atoms with Crippen LogP contribution >= 0.6 is 0 Å². The highest BCUT2D eigenvalue weighted by Gasteiger charge is 2.56. The molecule has 1 saturated carbocycles. The van der Waals surface area contributed by atoms with Crippen LogP contribution in [0, 0.1) is 11.8 Å². The Bertz CT molecular complexity index is 410. The molecule has 0 bridgehead atoms. The summed E-state index contributed by atoms with van der Waals surface area (Å²) in [7, 11) is 0. The third kappa shape index (κ3) is 0.786. The van der Waals surface area contributed by atoms with Crippen molar-refractivity contribution in [2.75, 3.05) is 0 Å². The summed E-state index contributed by atoms with van der Waals surface area (Å²) in [5, 5.41) is 15.6. The van der Waals surface area contributed by atoms with Crippen molar-refractivity contribution >= 4 is 5.97 Å². The van der Waals surface area contributed by atoms with Gasteiger partial charge in [0, 0.05) is 17.2 Å². The maximum Gasteiger partial charge on any atom is 0.356 e. The molecule has 2 aliphatic rings. The van der Waals surface area contributed by atoms with Gasteiger partial charge in [0.15, 0.2) is 5.69 Å². The summed E-state index contributed by atoms with van der Waals surface area (Å²) in [6.07, 6.45) is 2.10. The van der Waals surface area contributed by atoms with Crippen LogP contribution in [0.1, 0.15) is 41.0 Å². The maximum atomic E-state index is 10.8. The number of carboxylic acid groups (broad SMARTS) is 1. The van der Waals surface area contributed by atoms with Crippen LogP contribution < -0.4 is 0 Å². The SMILES string of the molecule is CC[C@H]1[C@@H]2Cc3c(C(=O)O)n[nH]c3[C@H]12. The van der Waals surface area contributed by atoms with Crippen LogP contribution in [-0.4, -0.2) is 21.3 Å². The molecule has 1 aromatic rings. The first-order chi connectivity index (χ1) is 6.74. The molecule has 1 fully saturated rings. The predicted molar refractivity (Wildman–Crippen MR) is 49.3 cm³/mol. The van der Waals surface area contributed by atoms with E-state index in [1.165, 1.54) is 6.42 Å². The van der Waals surface area contributed by atoms with Gasteiger partial charge in [0.2, 0.25) is 0 Å². The largest absolute Gasteiger partial charge is 0.476 e. The van der Waals surface area contributed by atoms with E-state index in [1.807, 2.05) is 0 Å². The van der Waals surface area contributed by atoms with Gasteiger partial charge < -0.3 is 5.11 Å². The molecule has 14 heavy (non-hydrogen) atoms. The summed E-state index contributed by atoms with van der Waals surface area (Å²) in [6.45, 7) is 2.19. The number of H-pyrrole nitrogens is 1.